The van der Waals surface area contributed by atoms with Gasteiger partial charge in [0, 0.05) is 12.2 Å². The fourth-order valence-electron chi connectivity index (χ4n) is 2.65. The minimum atomic E-state index is -0.668. The van der Waals surface area contributed by atoms with Gasteiger partial charge in [-0.2, -0.15) is 0 Å². The average Bonchev–Trinajstić information content (AvgIpc) is 2.78. The molecule has 1 atom stereocenters. The highest BCUT2D eigenvalue weighted by molar-refractivity contribution is 9.10. The van der Waals surface area contributed by atoms with Gasteiger partial charge in [0.2, 0.25) is 0 Å². The molecule has 1 aliphatic rings. The van der Waals surface area contributed by atoms with Crippen molar-refractivity contribution in [2.24, 2.45) is 5.41 Å². The van der Waals surface area contributed by atoms with E-state index in [2.05, 4.69) is 25.8 Å². The Balaban J connectivity index is 1.69. The summed E-state index contributed by atoms with van der Waals surface area (Å²) < 4.78 is 0.881. The Kier molecular flexibility index (Phi) is 5.16. The van der Waals surface area contributed by atoms with Gasteiger partial charge in [-0.05, 0) is 73.8 Å². The van der Waals surface area contributed by atoms with Crippen LogP contribution in [0.25, 0.3) is 0 Å². The van der Waals surface area contributed by atoms with Gasteiger partial charge in [-0.1, -0.05) is 6.07 Å². The Hall–Kier alpha value is -0.940. The lowest BCUT2D eigenvalue weighted by molar-refractivity contribution is -0.147. The van der Waals surface area contributed by atoms with E-state index in [-0.39, 0.29) is 0 Å². The first kappa shape index (κ1) is 15.4. The first-order valence-corrected chi connectivity index (χ1v) is 7.86. The summed E-state index contributed by atoms with van der Waals surface area (Å²) in [6.07, 6.45) is 3.91. The fraction of sp³-hybridized carbons (Fsp3) is 0.600. The van der Waals surface area contributed by atoms with Crippen LogP contribution >= 0.6 is 15.9 Å². The highest BCUT2D eigenvalue weighted by Gasteiger charge is 2.39. The zero-order valence-electron chi connectivity index (χ0n) is 11.8. The smallest absolute Gasteiger partial charge is 0.310 e. The molecule has 0 saturated carbocycles. The molecule has 4 nitrogen and oxygen atoms in total. The summed E-state index contributed by atoms with van der Waals surface area (Å²) >= 11 is 3.38. The maximum Gasteiger partial charge on any atom is 0.310 e. The van der Waals surface area contributed by atoms with Crippen molar-refractivity contribution in [2.75, 3.05) is 19.6 Å². The van der Waals surface area contributed by atoms with Crippen molar-refractivity contribution in [3.63, 3.8) is 0 Å². The second-order valence-electron chi connectivity index (χ2n) is 5.80. The number of rotatable bonds is 6. The molecular formula is C15H21BrN2O2. The molecule has 20 heavy (non-hydrogen) atoms. The highest BCUT2D eigenvalue weighted by atomic mass is 79.9. The van der Waals surface area contributed by atoms with Crippen LogP contribution in [0.15, 0.2) is 22.8 Å². The third-order valence-electron chi connectivity index (χ3n) is 4.00. The summed E-state index contributed by atoms with van der Waals surface area (Å²) in [5.41, 5.74) is 0.558. The Morgan fingerprint density at radius 3 is 2.95 bits per heavy atom. The van der Waals surface area contributed by atoms with Crippen molar-refractivity contribution in [1.82, 2.24) is 9.88 Å². The number of carbonyl (C=O) groups is 1. The zero-order valence-corrected chi connectivity index (χ0v) is 13.4. The topological polar surface area (TPSA) is 53.4 Å². The van der Waals surface area contributed by atoms with Crippen molar-refractivity contribution < 1.29 is 9.90 Å². The molecule has 1 aromatic rings. The van der Waals surface area contributed by atoms with Gasteiger partial charge in [0.25, 0.3) is 0 Å². The van der Waals surface area contributed by atoms with Gasteiger partial charge in [-0.25, -0.2) is 4.98 Å². The van der Waals surface area contributed by atoms with Crippen molar-refractivity contribution >= 4 is 21.9 Å². The summed E-state index contributed by atoms with van der Waals surface area (Å²) in [6, 6.07) is 5.98. The van der Waals surface area contributed by atoms with Crippen LogP contribution in [0.2, 0.25) is 0 Å². The van der Waals surface area contributed by atoms with Crippen LogP contribution in [0.3, 0.4) is 0 Å². The molecule has 1 fully saturated rings. The molecule has 0 amide bonds. The SMILES string of the molecule is CC1(C(=O)O)CCN(CCCCc2cccc(Br)n2)C1. The van der Waals surface area contributed by atoms with E-state index in [4.69, 9.17) is 0 Å². The molecule has 1 saturated heterocycles. The lowest BCUT2D eigenvalue weighted by atomic mass is 9.90. The largest absolute Gasteiger partial charge is 0.481 e. The predicted octanol–water partition coefficient (Wildman–Crippen LogP) is 2.96. The molecule has 0 radical (unpaired) electrons. The van der Waals surface area contributed by atoms with Gasteiger partial charge in [-0.3, -0.25) is 4.79 Å². The first-order valence-electron chi connectivity index (χ1n) is 7.07. The maximum atomic E-state index is 11.2. The lowest BCUT2D eigenvalue weighted by Crippen LogP contribution is -2.32. The summed E-state index contributed by atoms with van der Waals surface area (Å²) in [4.78, 5) is 17.9. The molecule has 1 aromatic heterocycles. The van der Waals surface area contributed by atoms with E-state index in [1.165, 1.54) is 0 Å². The number of pyridine rings is 1. The minimum absolute atomic E-state index is 0.550. The van der Waals surface area contributed by atoms with Gasteiger partial charge >= 0.3 is 5.97 Å². The van der Waals surface area contributed by atoms with Crippen LogP contribution < -0.4 is 0 Å². The Morgan fingerprint density at radius 2 is 2.30 bits per heavy atom. The van der Waals surface area contributed by atoms with E-state index in [0.717, 1.165) is 49.1 Å². The molecule has 0 bridgehead atoms. The van der Waals surface area contributed by atoms with Gasteiger partial charge in [0.05, 0.1) is 5.41 Å². The van der Waals surface area contributed by atoms with E-state index in [1.54, 1.807) is 0 Å². The van der Waals surface area contributed by atoms with Gasteiger partial charge < -0.3 is 10.0 Å². The van der Waals surface area contributed by atoms with Crippen LogP contribution in [0.4, 0.5) is 0 Å². The number of aromatic nitrogens is 1. The number of aliphatic carboxylic acids is 1. The molecule has 0 aliphatic carbocycles. The monoisotopic (exact) mass is 340 g/mol. The van der Waals surface area contributed by atoms with Crippen molar-refractivity contribution in [3.8, 4) is 0 Å². The Bertz CT molecular complexity index is 481. The summed E-state index contributed by atoms with van der Waals surface area (Å²) in [5, 5.41) is 9.20. The molecule has 5 heteroatoms. The molecule has 2 heterocycles. The molecular weight excluding hydrogens is 320 g/mol. The fourth-order valence-corrected chi connectivity index (χ4v) is 3.03. The molecule has 1 aliphatic heterocycles. The Morgan fingerprint density at radius 1 is 1.50 bits per heavy atom. The van der Waals surface area contributed by atoms with Crippen LogP contribution in [0.1, 0.15) is 31.9 Å². The van der Waals surface area contributed by atoms with Crippen LogP contribution in [-0.2, 0) is 11.2 Å². The summed E-state index contributed by atoms with van der Waals surface area (Å²) in [7, 11) is 0. The number of unbranched alkanes of at least 4 members (excludes halogenated alkanes) is 1. The average molecular weight is 341 g/mol. The normalized spacial score (nSPS) is 23.1. The van der Waals surface area contributed by atoms with Crippen LogP contribution in [0, 0.1) is 5.41 Å². The second kappa shape index (κ2) is 6.68. The van der Waals surface area contributed by atoms with Gasteiger partial charge in [0.15, 0.2) is 0 Å². The summed E-state index contributed by atoms with van der Waals surface area (Å²) in [6.45, 7) is 4.41. The Labute approximate surface area is 128 Å². The number of carboxylic acids is 1. The standard InChI is InChI=1S/C15H21BrN2O2/c1-15(14(19)20)8-10-18(11-15)9-3-2-5-12-6-4-7-13(16)17-12/h4,6-7H,2-3,5,8-11H2,1H3,(H,19,20). The van der Waals surface area contributed by atoms with Crippen LogP contribution in [0.5, 0.6) is 0 Å². The maximum absolute atomic E-state index is 11.2. The van der Waals surface area contributed by atoms with E-state index < -0.39 is 11.4 Å². The lowest BCUT2D eigenvalue weighted by Gasteiger charge is -2.19. The van der Waals surface area contributed by atoms with E-state index >= 15 is 0 Å². The highest BCUT2D eigenvalue weighted by Crippen LogP contribution is 2.30. The third-order valence-corrected chi connectivity index (χ3v) is 4.44. The van der Waals surface area contributed by atoms with Crippen molar-refractivity contribution in [2.45, 2.75) is 32.6 Å². The second-order valence-corrected chi connectivity index (χ2v) is 6.61. The van der Waals surface area contributed by atoms with E-state index in [9.17, 15) is 9.90 Å². The van der Waals surface area contributed by atoms with Crippen LogP contribution in [-0.4, -0.2) is 40.6 Å². The number of hydrogen-bond acceptors (Lipinski definition) is 3. The molecule has 1 unspecified atom stereocenters. The number of carboxylic acid groups (broad SMARTS) is 1. The van der Waals surface area contributed by atoms with Crippen molar-refractivity contribution in [1.29, 1.82) is 0 Å². The molecule has 0 spiro atoms. The first-order chi connectivity index (χ1) is 9.49. The zero-order chi connectivity index (χ0) is 14.6. The number of likely N-dealkylation sites (tertiary alicyclic amines) is 1. The number of aryl methyl sites for hydroxylation is 1. The number of halogens is 1. The third kappa shape index (κ3) is 4.03. The predicted molar refractivity (Wildman–Crippen MR) is 81.7 cm³/mol. The molecule has 2 rings (SSSR count). The van der Waals surface area contributed by atoms with Crippen molar-refractivity contribution in [3.05, 3.63) is 28.5 Å². The number of hydrogen-bond donors (Lipinski definition) is 1. The van der Waals surface area contributed by atoms with E-state index in [0.29, 0.717) is 6.54 Å². The summed E-state index contributed by atoms with van der Waals surface area (Å²) in [5.74, 6) is -0.668. The molecule has 1 N–H and O–H groups in total. The quantitative estimate of drug-likeness (QED) is 0.638. The van der Waals surface area contributed by atoms with E-state index in [1.807, 2.05) is 25.1 Å². The minimum Gasteiger partial charge on any atom is -0.481 e. The van der Waals surface area contributed by atoms with Gasteiger partial charge in [0.1, 0.15) is 4.60 Å². The van der Waals surface area contributed by atoms with Gasteiger partial charge in [-0.15, -0.1) is 0 Å². The molecule has 0 aromatic carbocycles. The number of nitrogens with zero attached hydrogens (tertiary/aromatic N) is 2. The molecule has 110 valence electrons.